The SMILES string of the molecule is Cc1cc(C)c(N2c3cc4c(cc3B3c5ccc6oc7c(C(C)(C)C)cccc7c6c5N(c5ccccc5)c5cc(N(c6ccccc6)c6ccccc6)cc2c53)B2c3cc5c(cc3Oc3cc(N(c6ccccc6)c6ccccc6)cc(c32)O4)Nc2cc(N(c3ccccc3)c3ccccc3)cc3c2B5c2ccc4oc5c(C(C)(C)C)cccc5c4c2N3c2ccccc2)c(C)c1. The van der Waals surface area contributed by atoms with E-state index in [-0.39, 0.29) is 24.3 Å². The minimum absolute atomic E-state index is 0.227. The molecule has 2 aromatic heterocycles. The number of nitrogens with zero attached hydrogens (tertiary/aromatic N) is 6. The van der Waals surface area contributed by atoms with E-state index in [4.69, 9.17) is 18.3 Å². The molecule has 6 aliphatic heterocycles. The van der Waals surface area contributed by atoms with E-state index in [1.165, 1.54) is 11.0 Å². The van der Waals surface area contributed by atoms with Crippen LogP contribution in [-0.2, 0) is 10.8 Å². The van der Waals surface area contributed by atoms with Crippen LogP contribution in [0.25, 0.3) is 43.9 Å². The van der Waals surface area contributed by atoms with Gasteiger partial charge in [-0.2, -0.15) is 0 Å². The van der Waals surface area contributed by atoms with Crippen LogP contribution in [0.3, 0.4) is 0 Å². The zero-order valence-electron chi connectivity index (χ0n) is 75.3. The first-order valence-electron chi connectivity index (χ1n) is 46.3. The largest absolute Gasteiger partial charge is 0.458 e. The van der Waals surface area contributed by atoms with Crippen LogP contribution in [-0.4, -0.2) is 20.1 Å². The molecule has 1 N–H and O–H groups in total. The molecule has 11 nitrogen and oxygen atoms in total. The number of anilines is 20. The maximum Gasteiger partial charge on any atom is 0.260 e. The van der Waals surface area contributed by atoms with Crippen molar-refractivity contribution >= 4 is 227 Å². The topological polar surface area (TPSA) is 76.2 Å². The fraction of sp³-hybridized carbons (Fsp3) is 0.0924. The fourth-order valence-corrected chi connectivity index (χ4v) is 22.9. The van der Waals surface area contributed by atoms with Crippen molar-refractivity contribution in [3.8, 4) is 23.0 Å². The van der Waals surface area contributed by atoms with E-state index in [0.717, 1.165) is 235 Å². The Morgan fingerprint density at radius 2 is 0.639 bits per heavy atom. The van der Waals surface area contributed by atoms with Gasteiger partial charge in [0.1, 0.15) is 45.3 Å². The zero-order chi connectivity index (χ0) is 89.1. The number of rotatable bonds is 12. The first-order chi connectivity index (χ1) is 65.0. The Hall–Kier alpha value is -16.0. The average Bonchev–Trinajstić information content (AvgIpc) is 1.64. The van der Waals surface area contributed by atoms with Gasteiger partial charge in [-0.1, -0.05) is 265 Å². The van der Waals surface area contributed by atoms with Crippen LogP contribution in [0.1, 0.15) is 69.4 Å². The van der Waals surface area contributed by atoms with Crippen molar-refractivity contribution in [1.82, 2.24) is 0 Å². The van der Waals surface area contributed by atoms with Crippen LogP contribution < -0.4 is 93.4 Å². The van der Waals surface area contributed by atoms with Gasteiger partial charge in [0.05, 0.1) is 44.9 Å². The van der Waals surface area contributed by atoms with E-state index in [2.05, 4.69) is 473 Å². The molecule has 0 saturated carbocycles. The summed E-state index contributed by atoms with van der Waals surface area (Å²) >= 11 is 0. The summed E-state index contributed by atoms with van der Waals surface area (Å²) < 4.78 is 30.8. The molecule has 26 rings (SSSR count). The summed E-state index contributed by atoms with van der Waals surface area (Å²) in [6.45, 7) is 19.3. The van der Waals surface area contributed by atoms with Gasteiger partial charge in [-0.25, -0.2) is 0 Å². The average molecular weight is 1710 g/mol. The van der Waals surface area contributed by atoms with Crippen molar-refractivity contribution in [2.45, 2.75) is 73.1 Å². The third kappa shape index (κ3) is 12.0. The highest BCUT2D eigenvalue weighted by molar-refractivity contribution is 7.04. The van der Waals surface area contributed by atoms with E-state index in [1.807, 2.05) is 0 Å². The van der Waals surface area contributed by atoms with Crippen LogP contribution >= 0.6 is 0 Å². The van der Waals surface area contributed by atoms with Crippen LogP contribution in [0.2, 0.25) is 0 Å². The molecule has 0 unspecified atom stereocenters. The molecule has 0 bridgehead atoms. The zero-order valence-corrected chi connectivity index (χ0v) is 75.3. The normalized spacial score (nSPS) is 13.4. The minimum atomic E-state index is -0.470. The van der Waals surface area contributed by atoms with Crippen LogP contribution in [0.5, 0.6) is 23.0 Å². The van der Waals surface area contributed by atoms with E-state index < -0.39 is 6.71 Å². The summed E-state index contributed by atoms with van der Waals surface area (Å²) in [5.41, 5.74) is 39.1. The van der Waals surface area contributed by atoms with Gasteiger partial charge < -0.3 is 53.0 Å². The Labute approximate surface area is 774 Å². The van der Waals surface area contributed by atoms with Crippen molar-refractivity contribution in [3.63, 3.8) is 0 Å². The number of fused-ring (bicyclic) bond motifs is 20. The molecule has 0 atom stereocenters. The Morgan fingerprint density at radius 3 is 1.07 bits per heavy atom. The lowest BCUT2D eigenvalue weighted by atomic mass is 9.29. The molecule has 133 heavy (non-hydrogen) atoms. The molecule has 634 valence electrons. The Bertz CT molecular complexity index is 8070. The second-order valence-corrected chi connectivity index (χ2v) is 38.5. The number of para-hydroxylation sites is 10. The highest BCUT2D eigenvalue weighted by Crippen LogP contribution is 2.56. The highest BCUT2D eigenvalue weighted by atomic mass is 16.5. The first kappa shape index (κ1) is 78.0. The molecule has 14 heteroatoms. The predicted octanol–water partition coefficient (Wildman–Crippen LogP) is 26.6. The smallest absolute Gasteiger partial charge is 0.260 e. The van der Waals surface area contributed by atoms with E-state index in [0.29, 0.717) is 11.5 Å². The quantitative estimate of drug-likeness (QED) is 0.119. The lowest BCUT2D eigenvalue weighted by Gasteiger charge is -2.46. The first-order valence-corrected chi connectivity index (χ1v) is 46.3. The second kappa shape index (κ2) is 29.5. The van der Waals surface area contributed by atoms with Crippen LogP contribution in [0, 0.1) is 20.8 Å². The van der Waals surface area contributed by atoms with Gasteiger partial charge in [-0.15, -0.1) is 0 Å². The summed E-state index contributed by atoms with van der Waals surface area (Å²) in [7, 11) is 0. The Kier molecular flexibility index (Phi) is 17.3. The monoisotopic (exact) mass is 1710 g/mol. The van der Waals surface area contributed by atoms with Gasteiger partial charge in [0, 0.05) is 131 Å². The summed E-state index contributed by atoms with van der Waals surface area (Å²) in [6.07, 6.45) is 0. The third-order valence-electron chi connectivity index (χ3n) is 28.2. The van der Waals surface area contributed by atoms with Crippen LogP contribution in [0.15, 0.2) is 385 Å². The fourth-order valence-electron chi connectivity index (χ4n) is 22.9. The number of aryl methyl sites for hydroxylation is 3. The standard InChI is InChI=1S/C119H90B3N7O4/c1-72-60-73(2)113(74(3)61-72)129-98-71-105-95(69-93(98)121-91-57-59-103-109(87-53-35-55-89(117(87)133-103)119(7,8)9)115(91)128(82-50-32-17-33-51-82)100-64-84(65-101(129)111(100)121)125(77-40-22-12-23-41-77)78-42-24-13-25-43-78)122-94-68-92-96(70-104(94)130-106-66-85(67-107(131-105)112(106)122)126(79-44-26-14-27-45-79)80-46-28-15-29-47-80)123-97-62-83(124(75-36-18-10-19-37-75)76-38-20-11-21-39-76)63-99-110(97)120(92)90-56-58-102-108(114(90)127(99)81-48-30-16-31-49-81)86-52-34-54-88(116(86)132-102)118(4,5)6/h10-71,123H,1-9H3. The predicted molar refractivity (Wildman–Crippen MR) is 557 cm³/mol. The lowest BCUT2D eigenvalue weighted by Crippen LogP contribution is -2.65. The molecule has 18 aromatic carbocycles. The van der Waals surface area contributed by atoms with Crippen molar-refractivity contribution in [2.75, 3.05) is 34.7 Å². The maximum atomic E-state index is 8.11. The number of nitrogens with one attached hydrogen (secondary N) is 1. The van der Waals surface area contributed by atoms with Gasteiger partial charge in [-0.3, -0.25) is 0 Å². The maximum absolute atomic E-state index is 8.11. The van der Waals surface area contributed by atoms with Gasteiger partial charge >= 0.3 is 0 Å². The Morgan fingerprint density at radius 1 is 0.271 bits per heavy atom. The molecule has 0 fully saturated rings. The molecule has 0 amide bonds. The van der Waals surface area contributed by atoms with E-state index in [9.17, 15) is 0 Å². The number of furan rings is 2. The Balaban J connectivity index is 0.774. The molecule has 0 saturated heterocycles. The molecule has 0 radical (unpaired) electrons. The van der Waals surface area contributed by atoms with E-state index in [1.54, 1.807) is 0 Å². The third-order valence-corrected chi connectivity index (χ3v) is 28.2. The summed E-state index contributed by atoms with van der Waals surface area (Å²) in [5.74, 6) is 2.90. The van der Waals surface area contributed by atoms with Gasteiger partial charge in [0.25, 0.3) is 20.1 Å². The lowest BCUT2D eigenvalue weighted by molar-refractivity contribution is 0.465. The number of ether oxygens (including phenoxy) is 2. The van der Waals surface area contributed by atoms with E-state index >= 15 is 0 Å². The van der Waals surface area contributed by atoms with Crippen molar-refractivity contribution in [2.24, 2.45) is 0 Å². The van der Waals surface area contributed by atoms with Crippen molar-refractivity contribution < 1.29 is 18.3 Å². The van der Waals surface area contributed by atoms with Gasteiger partial charge in [0.2, 0.25) is 0 Å². The molecular weight excluding hydrogens is 1620 g/mol. The summed E-state index contributed by atoms with van der Waals surface area (Å²) in [6, 6.07) is 138. The van der Waals surface area contributed by atoms with Crippen molar-refractivity contribution in [3.05, 3.63) is 404 Å². The van der Waals surface area contributed by atoms with Gasteiger partial charge in [-0.05, 0) is 220 Å². The number of hydrogen-bond acceptors (Lipinski definition) is 11. The van der Waals surface area contributed by atoms with Crippen LogP contribution in [0.4, 0.5) is 114 Å². The molecule has 8 heterocycles. The molecule has 20 aromatic rings. The second-order valence-electron chi connectivity index (χ2n) is 38.5. The highest BCUT2D eigenvalue weighted by Gasteiger charge is 2.52. The summed E-state index contributed by atoms with van der Waals surface area (Å²) in [5, 5.41) is 8.54. The molecule has 6 aliphatic rings. The van der Waals surface area contributed by atoms with Gasteiger partial charge in [0.15, 0.2) is 0 Å². The molecule has 0 spiro atoms. The number of benzene rings is 18. The minimum Gasteiger partial charge on any atom is -0.458 e. The number of hydrogen-bond donors (Lipinski definition) is 1. The molecular formula is C119H90B3N7O4. The molecule has 0 aliphatic carbocycles. The van der Waals surface area contributed by atoms with Crippen molar-refractivity contribution in [1.29, 1.82) is 0 Å². The summed E-state index contributed by atoms with van der Waals surface area (Å²) in [4.78, 5) is 14.9.